The van der Waals surface area contributed by atoms with Gasteiger partial charge in [-0.25, -0.2) is 0 Å². The third-order valence-corrected chi connectivity index (χ3v) is 2.35. The summed E-state index contributed by atoms with van der Waals surface area (Å²) in [4.78, 5) is 7.94. The molecule has 1 unspecified atom stereocenters. The molecule has 0 amide bonds. The molecule has 2 heterocycles. The lowest BCUT2D eigenvalue weighted by Crippen LogP contribution is -2.29. The third kappa shape index (κ3) is 2.63. The Balaban J connectivity index is 2.30. The van der Waals surface area contributed by atoms with Gasteiger partial charge in [0.05, 0.1) is 19.3 Å². The predicted octanol–water partition coefficient (Wildman–Crippen LogP) is 0.197. The van der Waals surface area contributed by atoms with Gasteiger partial charge in [0.25, 0.3) is 5.78 Å². The molecule has 0 aliphatic carbocycles. The monoisotopic (exact) mass is 257 g/mol. The molecule has 2 N–H and O–H groups in total. The fourth-order valence-corrected chi connectivity index (χ4v) is 1.62. The van der Waals surface area contributed by atoms with Gasteiger partial charge >= 0.3 is 0 Å². The molecule has 2 aromatic rings. The molecule has 0 fully saturated rings. The maximum absolute atomic E-state index is 9.17. The van der Waals surface area contributed by atoms with E-state index >= 15 is 0 Å². The molecule has 7 nitrogen and oxygen atoms in total. The fourth-order valence-electron chi connectivity index (χ4n) is 1.44. The summed E-state index contributed by atoms with van der Waals surface area (Å²) in [5, 5.41) is 16.5. The number of rotatable bonds is 5. The van der Waals surface area contributed by atoms with E-state index in [4.69, 9.17) is 16.3 Å². The molecule has 1 atom stereocenters. The molecule has 92 valence electrons. The first-order chi connectivity index (χ1) is 8.24. The summed E-state index contributed by atoms with van der Waals surface area (Å²) in [6.45, 7) is 0.302. The quantitative estimate of drug-likeness (QED) is 0.745. The van der Waals surface area contributed by atoms with Crippen molar-refractivity contribution in [3.8, 4) is 0 Å². The van der Waals surface area contributed by atoms with Crippen LogP contribution in [-0.2, 0) is 4.74 Å². The van der Waals surface area contributed by atoms with E-state index in [0.29, 0.717) is 23.4 Å². The topological polar surface area (TPSA) is 84.6 Å². The molecule has 0 saturated carbocycles. The summed E-state index contributed by atoms with van der Waals surface area (Å²) in [5.41, 5.74) is 0. The molecule has 0 aromatic carbocycles. The number of hydrogen-bond donors (Lipinski definition) is 2. The number of aromatic nitrogens is 4. The zero-order valence-electron chi connectivity index (χ0n) is 9.17. The van der Waals surface area contributed by atoms with Crippen molar-refractivity contribution in [2.45, 2.75) is 6.04 Å². The number of hydrogen-bond acceptors (Lipinski definition) is 6. The number of aliphatic hydroxyl groups excluding tert-OH is 1. The van der Waals surface area contributed by atoms with Crippen molar-refractivity contribution >= 4 is 23.2 Å². The van der Waals surface area contributed by atoms with Gasteiger partial charge in [-0.1, -0.05) is 11.6 Å². The Labute approximate surface area is 102 Å². The van der Waals surface area contributed by atoms with Crippen molar-refractivity contribution in [1.82, 2.24) is 19.6 Å². The lowest BCUT2D eigenvalue weighted by molar-refractivity contribution is 0.153. The first-order valence-electron chi connectivity index (χ1n) is 4.97. The van der Waals surface area contributed by atoms with Crippen LogP contribution in [0, 0.1) is 0 Å². The molecule has 0 radical (unpaired) electrons. The van der Waals surface area contributed by atoms with Crippen LogP contribution in [0.5, 0.6) is 0 Å². The van der Waals surface area contributed by atoms with Gasteiger partial charge in [-0.2, -0.15) is 19.6 Å². The van der Waals surface area contributed by atoms with E-state index in [2.05, 4.69) is 20.4 Å². The van der Waals surface area contributed by atoms with Gasteiger partial charge in [0, 0.05) is 13.2 Å². The third-order valence-electron chi connectivity index (χ3n) is 2.16. The molecule has 0 spiro atoms. The van der Waals surface area contributed by atoms with Gasteiger partial charge in [0.1, 0.15) is 17.3 Å². The second-order valence-electron chi connectivity index (χ2n) is 3.42. The van der Waals surface area contributed by atoms with Gasteiger partial charge < -0.3 is 15.2 Å². The van der Waals surface area contributed by atoms with Crippen molar-refractivity contribution in [3.63, 3.8) is 0 Å². The maximum Gasteiger partial charge on any atom is 0.255 e. The Morgan fingerprint density at radius 1 is 1.65 bits per heavy atom. The van der Waals surface area contributed by atoms with Crippen LogP contribution in [-0.4, -0.2) is 51.1 Å². The van der Waals surface area contributed by atoms with Crippen LogP contribution >= 0.6 is 11.6 Å². The molecule has 8 heteroatoms. The number of nitrogens with zero attached hydrogens (tertiary/aromatic N) is 4. The smallest absolute Gasteiger partial charge is 0.255 e. The van der Waals surface area contributed by atoms with Gasteiger partial charge in [-0.05, 0) is 0 Å². The zero-order chi connectivity index (χ0) is 12.3. The van der Waals surface area contributed by atoms with Crippen molar-refractivity contribution in [1.29, 1.82) is 0 Å². The van der Waals surface area contributed by atoms with E-state index in [1.54, 1.807) is 13.2 Å². The minimum absolute atomic E-state index is 0.0655. The summed E-state index contributed by atoms with van der Waals surface area (Å²) in [7, 11) is 1.56. The van der Waals surface area contributed by atoms with Crippen LogP contribution in [0.3, 0.4) is 0 Å². The van der Waals surface area contributed by atoms with Crippen LogP contribution in [0.25, 0.3) is 5.78 Å². The number of anilines is 1. The number of nitrogens with one attached hydrogen (secondary N) is 1. The minimum atomic E-state index is -0.245. The highest BCUT2D eigenvalue weighted by Gasteiger charge is 2.11. The molecule has 0 aliphatic heterocycles. The van der Waals surface area contributed by atoms with E-state index in [1.165, 1.54) is 10.8 Å². The first-order valence-corrected chi connectivity index (χ1v) is 5.35. The summed E-state index contributed by atoms with van der Waals surface area (Å²) < 4.78 is 6.48. The van der Waals surface area contributed by atoms with E-state index in [9.17, 15) is 5.11 Å². The van der Waals surface area contributed by atoms with Crippen LogP contribution < -0.4 is 5.32 Å². The SMILES string of the molecule is COCC(CO)Nc1cc(Cl)nc2ncnn12. The molecule has 2 rings (SSSR count). The second kappa shape index (κ2) is 5.26. The number of aliphatic hydroxyl groups is 1. The lowest BCUT2D eigenvalue weighted by atomic mass is 10.3. The number of ether oxygens (including phenoxy) is 1. The highest BCUT2D eigenvalue weighted by atomic mass is 35.5. The van der Waals surface area contributed by atoms with Gasteiger partial charge in [-0.3, -0.25) is 0 Å². The average Bonchev–Trinajstić information content (AvgIpc) is 2.76. The van der Waals surface area contributed by atoms with E-state index < -0.39 is 0 Å². The molecule has 0 bridgehead atoms. The first kappa shape index (κ1) is 12.0. The van der Waals surface area contributed by atoms with Crippen molar-refractivity contribution in [2.24, 2.45) is 0 Å². The fraction of sp³-hybridized carbons (Fsp3) is 0.444. The molecule has 0 saturated heterocycles. The number of methoxy groups -OCH3 is 1. The molecule has 2 aromatic heterocycles. The maximum atomic E-state index is 9.17. The Morgan fingerprint density at radius 3 is 3.18 bits per heavy atom. The predicted molar refractivity (Wildman–Crippen MR) is 62.2 cm³/mol. The van der Waals surface area contributed by atoms with Crippen LogP contribution in [0.1, 0.15) is 0 Å². The van der Waals surface area contributed by atoms with Gasteiger partial charge in [0.2, 0.25) is 0 Å². The standard InChI is InChI=1S/C9H12ClN5O2/c1-17-4-6(3-16)13-8-2-7(10)14-9-11-5-12-15(8)9/h2,5-6,13,16H,3-4H2,1H3. The van der Waals surface area contributed by atoms with Crippen molar-refractivity contribution in [3.05, 3.63) is 17.5 Å². The normalized spacial score (nSPS) is 12.9. The van der Waals surface area contributed by atoms with Crippen LogP contribution in [0.2, 0.25) is 5.15 Å². The van der Waals surface area contributed by atoms with E-state index in [1.807, 2.05) is 0 Å². The highest BCUT2D eigenvalue weighted by Crippen LogP contribution is 2.15. The Morgan fingerprint density at radius 2 is 2.47 bits per heavy atom. The summed E-state index contributed by atoms with van der Waals surface area (Å²) in [6.07, 6.45) is 1.38. The van der Waals surface area contributed by atoms with Crippen molar-refractivity contribution in [2.75, 3.05) is 25.6 Å². The van der Waals surface area contributed by atoms with E-state index in [0.717, 1.165) is 0 Å². The zero-order valence-corrected chi connectivity index (χ0v) is 9.92. The second-order valence-corrected chi connectivity index (χ2v) is 3.80. The van der Waals surface area contributed by atoms with Crippen LogP contribution in [0.4, 0.5) is 5.82 Å². The summed E-state index contributed by atoms with van der Waals surface area (Å²) in [6, 6.07) is 1.37. The lowest BCUT2D eigenvalue weighted by Gasteiger charge is -2.16. The van der Waals surface area contributed by atoms with Gasteiger partial charge in [-0.15, -0.1) is 0 Å². The summed E-state index contributed by atoms with van der Waals surface area (Å²) in [5.74, 6) is 1.00. The largest absolute Gasteiger partial charge is 0.394 e. The van der Waals surface area contributed by atoms with Crippen LogP contribution in [0.15, 0.2) is 12.4 Å². The van der Waals surface area contributed by atoms with Crippen molar-refractivity contribution < 1.29 is 9.84 Å². The minimum Gasteiger partial charge on any atom is -0.394 e. The Bertz CT molecular complexity index is 503. The van der Waals surface area contributed by atoms with Gasteiger partial charge in [0.15, 0.2) is 0 Å². The molecule has 0 aliphatic rings. The van der Waals surface area contributed by atoms with E-state index in [-0.39, 0.29) is 12.6 Å². The highest BCUT2D eigenvalue weighted by molar-refractivity contribution is 6.29. The average molecular weight is 258 g/mol. The molecular weight excluding hydrogens is 246 g/mol. The number of fused-ring (bicyclic) bond motifs is 1. The Kier molecular flexibility index (Phi) is 3.72. The summed E-state index contributed by atoms with van der Waals surface area (Å²) >= 11 is 5.86. The molecular formula is C9H12ClN5O2. The Hall–Kier alpha value is -1.44. The molecule has 17 heavy (non-hydrogen) atoms. The number of halogens is 1.